The van der Waals surface area contributed by atoms with Crippen LogP contribution in [0, 0.1) is 12.8 Å². The smallest absolute Gasteiger partial charge is 0.275 e. The molecule has 6 nitrogen and oxygen atoms in total. The fourth-order valence-corrected chi connectivity index (χ4v) is 3.84. The molecule has 2 aromatic heterocycles. The van der Waals surface area contributed by atoms with E-state index in [-0.39, 0.29) is 11.6 Å². The maximum atomic E-state index is 11.9. The quantitative estimate of drug-likeness (QED) is 0.916. The summed E-state index contributed by atoms with van der Waals surface area (Å²) in [6, 6.07) is 1.80. The van der Waals surface area contributed by atoms with Gasteiger partial charge in [0.05, 0.1) is 6.54 Å². The Morgan fingerprint density at radius 2 is 2.19 bits per heavy atom. The Labute approximate surface area is 127 Å². The van der Waals surface area contributed by atoms with E-state index in [1.54, 1.807) is 0 Å². The lowest BCUT2D eigenvalue weighted by atomic mass is 9.91. The van der Waals surface area contributed by atoms with Gasteiger partial charge in [0.25, 0.3) is 5.56 Å². The van der Waals surface area contributed by atoms with Crippen molar-refractivity contribution in [3.8, 4) is 0 Å². The minimum Gasteiger partial charge on any atom is -0.328 e. The van der Waals surface area contributed by atoms with E-state index < -0.39 is 0 Å². The molecule has 1 saturated heterocycles. The van der Waals surface area contributed by atoms with Crippen LogP contribution in [0.3, 0.4) is 0 Å². The lowest BCUT2D eigenvalue weighted by Crippen LogP contribution is -2.39. The van der Waals surface area contributed by atoms with Crippen molar-refractivity contribution in [1.82, 2.24) is 19.5 Å². The lowest BCUT2D eigenvalue weighted by Gasteiger charge is -2.33. The van der Waals surface area contributed by atoms with Crippen LogP contribution in [0.15, 0.2) is 10.9 Å². The summed E-state index contributed by atoms with van der Waals surface area (Å²) in [5.41, 5.74) is 6.61. The summed E-state index contributed by atoms with van der Waals surface area (Å²) in [5, 5.41) is 5.34. The number of nitrogens with two attached hydrogens (primary N) is 1. The van der Waals surface area contributed by atoms with Crippen molar-refractivity contribution in [1.29, 1.82) is 0 Å². The van der Waals surface area contributed by atoms with Gasteiger partial charge < -0.3 is 5.73 Å². The number of aromatic nitrogens is 3. The molecule has 2 N–H and O–H groups in total. The SMILES string of the molecule is Cc1cc(=O)n2nc(CN3CCC(C(C)N)CC3)sc2n1. The largest absolute Gasteiger partial charge is 0.328 e. The molecular weight excluding hydrogens is 286 g/mol. The molecule has 114 valence electrons. The first-order chi connectivity index (χ1) is 10.0. The van der Waals surface area contributed by atoms with Crippen molar-refractivity contribution in [3.05, 3.63) is 27.1 Å². The lowest BCUT2D eigenvalue weighted by molar-refractivity contribution is 0.165. The number of rotatable bonds is 3. The van der Waals surface area contributed by atoms with E-state index in [0.717, 1.165) is 43.2 Å². The van der Waals surface area contributed by atoms with E-state index in [1.165, 1.54) is 21.9 Å². The third kappa shape index (κ3) is 3.14. The highest BCUT2D eigenvalue weighted by molar-refractivity contribution is 7.16. The first-order valence-electron chi connectivity index (χ1n) is 7.37. The summed E-state index contributed by atoms with van der Waals surface area (Å²) >= 11 is 1.50. The molecule has 0 aliphatic carbocycles. The molecule has 0 radical (unpaired) electrons. The molecule has 1 aliphatic rings. The third-order valence-corrected chi connectivity index (χ3v) is 5.04. The molecule has 0 saturated carbocycles. The van der Waals surface area contributed by atoms with Crippen LogP contribution in [0.2, 0.25) is 0 Å². The summed E-state index contributed by atoms with van der Waals surface area (Å²) in [7, 11) is 0. The molecule has 1 unspecified atom stereocenters. The number of likely N-dealkylation sites (tertiary alicyclic amines) is 1. The van der Waals surface area contributed by atoms with E-state index in [9.17, 15) is 4.79 Å². The van der Waals surface area contributed by atoms with Crippen molar-refractivity contribution in [2.24, 2.45) is 11.7 Å². The molecule has 3 heterocycles. The maximum absolute atomic E-state index is 11.9. The van der Waals surface area contributed by atoms with Crippen LogP contribution in [0.5, 0.6) is 0 Å². The van der Waals surface area contributed by atoms with E-state index >= 15 is 0 Å². The van der Waals surface area contributed by atoms with Gasteiger partial charge in [0.15, 0.2) is 0 Å². The minimum absolute atomic E-state index is 0.101. The Morgan fingerprint density at radius 3 is 2.86 bits per heavy atom. The van der Waals surface area contributed by atoms with Crippen LogP contribution in [0.25, 0.3) is 4.96 Å². The first-order valence-corrected chi connectivity index (χ1v) is 8.19. The summed E-state index contributed by atoms with van der Waals surface area (Å²) < 4.78 is 1.40. The van der Waals surface area contributed by atoms with Crippen LogP contribution in [0.1, 0.15) is 30.5 Å². The Hall–Kier alpha value is -1.31. The molecule has 2 aromatic rings. The van der Waals surface area contributed by atoms with Gasteiger partial charge in [-0.2, -0.15) is 9.61 Å². The van der Waals surface area contributed by atoms with Crippen molar-refractivity contribution >= 4 is 16.3 Å². The van der Waals surface area contributed by atoms with Gasteiger partial charge in [-0.3, -0.25) is 9.69 Å². The Kier molecular flexibility index (Phi) is 4.05. The average Bonchev–Trinajstić information content (AvgIpc) is 2.82. The summed E-state index contributed by atoms with van der Waals surface area (Å²) in [5.74, 6) is 0.628. The van der Waals surface area contributed by atoms with E-state index in [4.69, 9.17) is 5.73 Å². The average molecular weight is 307 g/mol. The van der Waals surface area contributed by atoms with E-state index in [0.29, 0.717) is 10.9 Å². The van der Waals surface area contributed by atoms with Crippen molar-refractivity contribution in [3.63, 3.8) is 0 Å². The standard InChI is InChI=1S/C14H21N5OS/c1-9-7-13(20)19-14(16-9)21-12(17-19)8-18-5-3-11(4-6-18)10(2)15/h7,10-11H,3-6,8,15H2,1-2H3. The monoisotopic (exact) mass is 307 g/mol. The van der Waals surface area contributed by atoms with Gasteiger partial charge in [-0.25, -0.2) is 4.98 Å². The highest BCUT2D eigenvalue weighted by atomic mass is 32.1. The molecule has 0 aromatic carbocycles. The van der Waals surface area contributed by atoms with Gasteiger partial charge in [-0.05, 0) is 45.7 Å². The number of piperidine rings is 1. The second-order valence-electron chi connectivity index (χ2n) is 5.90. The molecular formula is C14H21N5OS. The molecule has 1 aliphatic heterocycles. The molecule has 7 heteroatoms. The van der Waals surface area contributed by atoms with Crippen molar-refractivity contribution < 1.29 is 0 Å². The molecule has 3 rings (SSSR count). The normalized spacial score (nSPS) is 19.2. The van der Waals surface area contributed by atoms with Gasteiger partial charge in [0.1, 0.15) is 5.01 Å². The zero-order chi connectivity index (χ0) is 15.0. The van der Waals surface area contributed by atoms with Crippen LogP contribution in [-0.4, -0.2) is 38.6 Å². The third-order valence-electron chi connectivity index (χ3n) is 4.15. The van der Waals surface area contributed by atoms with Gasteiger partial charge in [-0.1, -0.05) is 11.3 Å². The second kappa shape index (κ2) is 5.82. The van der Waals surface area contributed by atoms with Crippen molar-refractivity contribution in [2.75, 3.05) is 13.1 Å². The van der Waals surface area contributed by atoms with Crippen LogP contribution in [0.4, 0.5) is 0 Å². The van der Waals surface area contributed by atoms with Gasteiger partial charge in [-0.15, -0.1) is 0 Å². The molecule has 1 atom stereocenters. The summed E-state index contributed by atoms with van der Waals surface area (Å²) in [6.45, 7) is 6.80. The zero-order valence-electron chi connectivity index (χ0n) is 12.5. The zero-order valence-corrected chi connectivity index (χ0v) is 13.3. The molecule has 0 amide bonds. The molecule has 0 bridgehead atoms. The molecule has 0 spiro atoms. The van der Waals surface area contributed by atoms with Gasteiger partial charge in [0.2, 0.25) is 4.96 Å². The van der Waals surface area contributed by atoms with Crippen molar-refractivity contribution in [2.45, 2.75) is 39.3 Å². The predicted molar refractivity (Wildman–Crippen MR) is 83.5 cm³/mol. The van der Waals surface area contributed by atoms with E-state index in [1.807, 2.05) is 6.92 Å². The maximum Gasteiger partial charge on any atom is 0.275 e. The van der Waals surface area contributed by atoms with E-state index in [2.05, 4.69) is 21.9 Å². The molecule has 21 heavy (non-hydrogen) atoms. The van der Waals surface area contributed by atoms with Crippen LogP contribution < -0.4 is 11.3 Å². The Morgan fingerprint density at radius 1 is 1.48 bits per heavy atom. The Balaban J connectivity index is 1.72. The number of hydrogen-bond donors (Lipinski definition) is 1. The predicted octanol–water partition coefficient (Wildman–Crippen LogP) is 1.02. The molecule has 1 fully saturated rings. The summed E-state index contributed by atoms with van der Waals surface area (Å²) in [4.78, 5) is 19.3. The van der Waals surface area contributed by atoms with Gasteiger partial charge >= 0.3 is 0 Å². The number of hydrogen-bond acceptors (Lipinski definition) is 6. The topological polar surface area (TPSA) is 76.5 Å². The number of fused-ring (bicyclic) bond motifs is 1. The van der Waals surface area contributed by atoms with Gasteiger partial charge in [0, 0.05) is 17.8 Å². The number of aryl methyl sites for hydroxylation is 1. The number of nitrogens with zero attached hydrogens (tertiary/aromatic N) is 4. The second-order valence-corrected chi connectivity index (χ2v) is 6.94. The highest BCUT2D eigenvalue weighted by Gasteiger charge is 2.22. The first kappa shape index (κ1) is 14.6. The fraction of sp³-hybridized carbons (Fsp3) is 0.643. The summed E-state index contributed by atoms with van der Waals surface area (Å²) in [6.07, 6.45) is 2.28. The van der Waals surface area contributed by atoms with Crippen LogP contribution >= 0.6 is 11.3 Å². The van der Waals surface area contributed by atoms with Crippen LogP contribution in [-0.2, 0) is 6.54 Å². The highest BCUT2D eigenvalue weighted by Crippen LogP contribution is 2.22. The fourth-order valence-electron chi connectivity index (χ4n) is 2.85. The Bertz CT molecular complexity index is 684. The minimum atomic E-state index is -0.101.